The largest absolute Gasteiger partial charge is 0.497 e. The molecule has 1 N–H and O–H groups in total. The highest BCUT2D eigenvalue weighted by molar-refractivity contribution is 7.92. The molecule has 0 atom stereocenters. The fraction of sp³-hybridized carbons (Fsp3) is 0.235. The molecular formula is C17H17Cl3N2O5S. The number of anilines is 2. The van der Waals surface area contributed by atoms with E-state index < -0.39 is 22.5 Å². The highest BCUT2D eigenvalue weighted by Gasteiger charge is 2.24. The van der Waals surface area contributed by atoms with Crippen molar-refractivity contribution in [1.29, 1.82) is 0 Å². The fourth-order valence-electron chi connectivity index (χ4n) is 2.31. The quantitative estimate of drug-likeness (QED) is 0.621. The third kappa shape index (κ3) is 5.35. The Hall–Kier alpha value is -1.87. The molecule has 0 bridgehead atoms. The smallest absolute Gasteiger partial charge is 0.245 e. The minimum atomic E-state index is -3.85. The maximum Gasteiger partial charge on any atom is 0.245 e. The molecule has 11 heteroatoms. The number of amides is 1. The zero-order chi connectivity index (χ0) is 21.1. The molecule has 0 spiro atoms. The molecule has 28 heavy (non-hydrogen) atoms. The molecule has 0 unspecified atom stereocenters. The molecule has 2 aromatic rings. The van der Waals surface area contributed by atoms with Crippen LogP contribution in [0.15, 0.2) is 30.3 Å². The molecule has 0 saturated heterocycles. The zero-order valence-corrected chi connectivity index (χ0v) is 18.2. The van der Waals surface area contributed by atoms with Crippen molar-refractivity contribution >= 4 is 62.1 Å². The zero-order valence-electron chi connectivity index (χ0n) is 15.1. The number of rotatable bonds is 7. The van der Waals surface area contributed by atoms with Gasteiger partial charge in [-0.1, -0.05) is 34.8 Å². The Morgan fingerprint density at radius 1 is 1.04 bits per heavy atom. The number of sulfonamides is 1. The van der Waals surface area contributed by atoms with Gasteiger partial charge in [-0.25, -0.2) is 8.42 Å². The van der Waals surface area contributed by atoms with Gasteiger partial charge >= 0.3 is 0 Å². The van der Waals surface area contributed by atoms with Gasteiger partial charge < -0.3 is 14.8 Å². The van der Waals surface area contributed by atoms with Gasteiger partial charge in [0.2, 0.25) is 15.9 Å². The lowest BCUT2D eigenvalue weighted by molar-refractivity contribution is -0.114. The van der Waals surface area contributed by atoms with E-state index in [4.69, 9.17) is 44.3 Å². The van der Waals surface area contributed by atoms with Gasteiger partial charge in [0.05, 0.1) is 46.9 Å². The van der Waals surface area contributed by atoms with E-state index in [9.17, 15) is 13.2 Å². The van der Waals surface area contributed by atoms with Crippen LogP contribution in [0, 0.1) is 0 Å². The predicted octanol–water partition coefficient (Wildman–Crippen LogP) is 4.07. The van der Waals surface area contributed by atoms with Crippen LogP contribution in [-0.4, -0.2) is 41.3 Å². The van der Waals surface area contributed by atoms with Crippen LogP contribution in [0.4, 0.5) is 11.4 Å². The molecule has 2 aromatic carbocycles. The van der Waals surface area contributed by atoms with Crippen LogP contribution in [0.5, 0.6) is 11.5 Å². The van der Waals surface area contributed by atoms with Crippen LogP contribution in [0.25, 0.3) is 0 Å². The van der Waals surface area contributed by atoms with Crippen molar-refractivity contribution in [2.75, 3.05) is 36.6 Å². The Labute approximate surface area is 178 Å². The maximum atomic E-state index is 12.5. The van der Waals surface area contributed by atoms with E-state index in [0.717, 1.165) is 10.6 Å². The second-order valence-corrected chi connectivity index (χ2v) is 8.73. The summed E-state index contributed by atoms with van der Waals surface area (Å²) in [6, 6.07) is 7.38. The first-order valence-electron chi connectivity index (χ1n) is 7.71. The van der Waals surface area contributed by atoms with E-state index in [-0.39, 0.29) is 20.8 Å². The van der Waals surface area contributed by atoms with E-state index in [1.807, 2.05) is 0 Å². The Bertz CT molecular complexity index is 999. The van der Waals surface area contributed by atoms with Crippen molar-refractivity contribution < 1.29 is 22.7 Å². The third-order valence-electron chi connectivity index (χ3n) is 3.63. The minimum Gasteiger partial charge on any atom is -0.497 e. The normalized spacial score (nSPS) is 11.1. The molecular weight excluding hydrogens is 451 g/mol. The van der Waals surface area contributed by atoms with Crippen molar-refractivity contribution in [3.05, 3.63) is 45.4 Å². The Morgan fingerprint density at radius 2 is 1.68 bits per heavy atom. The number of hydrogen-bond donors (Lipinski definition) is 1. The van der Waals surface area contributed by atoms with Crippen LogP contribution >= 0.6 is 34.8 Å². The van der Waals surface area contributed by atoms with E-state index in [2.05, 4.69) is 5.32 Å². The SMILES string of the molecule is COc1ccc(NC(=O)CN(c2cc(Cl)c(Cl)cc2Cl)S(C)(=O)=O)c(OC)c1. The van der Waals surface area contributed by atoms with Gasteiger partial charge in [0.1, 0.15) is 18.0 Å². The van der Waals surface area contributed by atoms with Gasteiger partial charge in [0.25, 0.3) is 0 Å². The molecule has 2 rings (SSSR count). The summed E-state index contributed by atoms with van der Waals surface area (Å²) >= 11 is 18.0. The number of benzene rings is 2. The maximum absolute atomic E-state index is 12.5. The summed E-state index contributed by atoms with van der Waals surface area (Å²) < 4.78 is 35.6. The lowest BCUT2D eigenvalue weighted by Crippen LogP contribution is -2.37. The summed E-state index contributed by atoms with van der Waals surface area (Å²) in [5.74, 6) is 0.275. The summed E-state index contributed by atoms with van der Waals surface area (Å²) in [4.78, 5) is 12.5. The summed E-state index contributed by atoms with van der Waals surface area (Å²) in [7, 11) is -0.917. The molecule has 7 nitrogen and oxygen atoms in total. The lowest BCUT2D eigenvalue weighted by atomic mass is 10.2. The average molecular weight is 468 g/mol. The molecule has 0 fully saturated rings. The van der Waals surface area contributed by atoms with E-state index in [1.54, 1.807) is 18.2 Å². The minimum absolute atomic E-state index is 0.0367. The Morgan fingerprint density at radius 3 is 2.25 bits per heavy atom. The molecule has 152 valence electrons. The number of carbonyl (C=O) groups excluding carboxylic acids is 1. The average Bonchev–Trinajstić information content (AvgIpc) is 2.62. The third-order valence-corrected chi connectivity index (χ3v) is 5.78. The molecule has 0 aliphatic rings. The molecule has 0 saturated carbocycles. The first-order chi connectivity index (χ1) is 13.1. The van der Waals surface area contributed by atoms with Crippen LogP contribution in [0.1, 0.15) is 0 Å². The Balaban J connectivity index is 2.32. The summed E-state index contributed by atoms with van der Waals surface area (Å²) in [5, 5.41) is 2.91. The van der Waals surface area contributed by atoms with Crippen LogP contribution in [0.3, 0.4) is 0 Å². The van der Waals surface area contributed by atoms with Crippen LogP contribution < -0.4 is 19.1 Å². The van der Waals surface area contributed by atoms with Crippen molar-refractivity contribution in [3.63, 3.8) is 0 Å². The molecule has 0 heterocycles. The molecule has 0 aliphatic heterocycles. The van der Waals surface area contributed by atoms with Gasteiger partial charge in [0.15, 0.2) is 0 Å². The number of halogens is 3. The van der Waals surface area contributed by atoms with Gasteiger partial charge in [-0.3, -0.25) is 9.10 Å². The second kappa shape index (κ2) is 9.09. The summed E-state index contributed by atoms with van der Waals surface area (Å²) in [6.07, 6.45) is 0.951. The number of carbonyl (C=O) groups is 1. The van der Waals surface area contributed by atoms with Crippen molar-refractivity contribution in [2.24, 2.45) is 0 Å². The Kier molecular flexibility index (Phi) is 7.28. The topological polar surface area (TPSA) is 84.9 Å². The highest BCUT2D eigenvalue weighted by atomic mass is 35.5. The van der Waals surface area contributed by atoms with Crippen molar-refractivity contribution in [1.82, 2.24) is 0 Å². The molecule has 0 aliphatic carbocycles. The molecule has 0 aromatic heterocycles. The number of ether oxygens (including phenoxy) is 2. The van der Waals surface area contributed by atoms with Gasteiger partial charge in [-0.05, 0) is 24.3 Å². The lowest BCUT2D eigenvalue weighted by Gasteiger charge is -2.23. The standard InChI is InChI=1S/C17H17Cl3N2O5S/c1-26-10-4-5-14(16(6-10)27-2)21-17(23)9-22(28(3,24)25)15-8-12(19)11(18)7-13(15)20/h4-8H,9H2,1-3H3,(H,21,23). The number of hydrogen-bond acceptors (Lipinski definition) is 5. The number of nitrogens with zero attached hydrogens (tertiary/aromatic N) is 1. The van der Waals surface area contributed by atoms with Crippen molar-refractivity contribution in [3.8, 4) is 11.5 Å². The van der Waals surface area contributed by atoms with Gasteiger partial charge in [0, 0.05) is 6.07 Å². The molecule has 1 amide bonds. The van der Waals surface area contributed by atoms with E-state index in [0.29, 0.717) is 17.2 Å². The monoisotopic (exact) mass is 466 g/mol. The van der Waals surface area contributed by atoms with Crippen molar-refractivity contribution in [2.45, 2.75) is 0 Å². The number of nitrogens with one attached hydrogen (secondary N) is 1. The van der Waals surface area contributed by atoms with E-state index >= 15 is 0 Å². The second-order valence-electron chi connectivity index (χ2n) is 5.60. The van der Waals surface area contributed by atoms with E-state index in [1.165, 1.54) is 26.4 Å². The van der Waals surface area contributed by atoms with Gasteiger partial charge in [-0.15, -0.1) is 0 Å². The molecule has 0 radical (unpaired) electrons. The highest BCUT2D eigenvalue weighted by Crippen LogP contribution is 2.35. The first-order valence-corrected chi connectivity index (χ1v) is 10.7. The van der Waals surface area contributed by atoms with Crippen LogP contribution in [-0.2, 0) is 14.8 Å². The summed E-state index contributed by atoms with van der Waals surface area (Å²) in [5.41, 5.74) is 0.386. The predicted molar refractivity (Wildman–Crippen MR) is 112 cm³/mol. The number of methoxy groups -OCH3 is 2. The fourth-order valence-corrected chi connectivity index (χ4v) is 3.86. The first kappa shape index (κ1) is 22.4. The summed E-state index contributed by atoms with van der Waals surface area (Å²) in [6.45, 7) is -0.536. The van der Waals surface area contributed by atoms with Gasteiger partial charge in [-0.2, -0.15) is 0 Å². The van der Waals surface area contributed by atoms with Crippen LogP contribution in [0.2, 0.25) is 15.1 Å².